The van der Waals surface area contributed by atoms with Gasteiger partial charge < -0.3 is 14.3 Å². The van der Waals surface area contributed by atoms with Gasteiger partial charge in [-0.15, -0.1) is 0 Å². The molecular formula is C19H20O4. The molecule has 4 heteroatoms. The molecule has 0 aromatic heterocycles. The minimum Gasteiger partial charge on any atom is -0.488 e. The summed E-state index contributed by atoms with van der Waals surface area (Å²) in [6.07, 6.45) is 0.602. The quantitative estimate of drug-likeness (QED) is 0.466. The average Bonchev–Trinajstić information content (AvgIpc) is 2.55. The van der Waals surface area contributed by atoms with Gasteiger partial charge in [0.1, 0.15) is 24.6 Å². The van der Waals surface area contributed by atoms with Crippen molar-refractivity contribution in [1.29, 1.82) is 0 Å². The van der Waals surface area contributed by atoms with Crippen molar-refractivity contribution >= 4 is 12.3 Å². The number of hydrogen-bond donors (Lipinski definition) is 0. The molecule has 2 aromatic carbocycles. The molecule has 0 saturated carbocycles. The van der Waals surface area contributed by atoms with Crippen LogP contribution < -0.4 is 4.74 Å². The van der Waals surface area contributed by atoms with E-state index >= 15 is 0 Å². The fourth-order valence-corrected chi connectivity index (χ4v) is 2.52. The highest BCUT2D eigenvalue weighted by Crippen LogP contribution is 2.29. The van der Waals surface area contributed by atoms with E-state index in [1.54, 1.807) is 12.1 Å². The van der Waals surface area contributed by atoms with E-state index in [9.17, 15) is 9.59 Å². The van der Waals surface area contributed by atoms with Gasteiger partial charge in [-0.25, -0.2) is 0 Å². The molecule has 0 saturated heterocycles. The number of carbonyl (C=O) groups excluding carboxylic acids is 2. The number of methoxy groups -OCH3 is 1. The lowest BCUT2D eigenvalue weighted by Gasteiger charge is -2.16. The van der Waals surface area contributed by atoms with Crippen LogP contribution in [0.3, 0.4) is 0 Å². The monoisotopic (exact) mass is 312 g/mol. The standard InChI is InChI=1S/C19H20O4/c1-13-9-16(17(11-20)19(21)22-3)10-14(2)18(13)23-12-15-7-5-4-6-8-15/h4-11,17H,12H2,1-3H3. The van der Waals surface area contributed by atoms with Gasteiger partial charge in [0.05, 0.1) is 7.11 Å². The molecule has 2 aromatic rings. The van der Waals surface area contributed by atoms with Crippen molar-refractivity contribution in [2.45, 2.75) is 26.4 Å². The number of hydrogen-bond acceptors (Lipinski definition) is 4. The molecule has 1 unspecified atom stereocenters. The Kier molecular flexibility index (Phi) is 5.52. The zero-order valence-electron chi connectivity index (χ0n) is 13.5. The van der Waals surface area contributed by atoms with Gasteiger partial charge in [0.25, 0.3) is 0 Å². The molecule has 0 spiro atoms. The molecule has 0 bridgehead atoms. The lowest BCUT2D eigenvalue weighted by Crippen LogP contribution is -2.16. The Morgan fingerprint density at radius 2 is 1.74 bits per heavy atom. The first kappa shape index (κ1) is 16.7. The van der Waals surface area contributed by atoms with E-state index in [2.05, 4.69) is 4.74 Å². The van der Waals surface area contributed by atoms with E-state index in [1.807, 2.05) is 44.2 Å². The molecule has 0 aliphatic carbocycles. The van der Waals surface area contributed by atoms with E-state index in [0.717, 1.165) is 22.4 Å². The summed E-state index contributed by atoms with van der Waals surface area (Å²) >= 11 is 0. The Morgan fingerprint density at radius 3 is 2.26 bits per heavy atom. The summed E-state index contributed by atoms with van der Waals surface area (Å²) in [6, 6.07) is 13.5. The van der Waals surface area contributed by atoms with Gasteiger partial charge in [-0.3, -0.25) is 4.79 Å². The summed E-state index contributed by atoms with van der Waals surface area (Å²) in [5, 5.41) is 0. The first-order valence-corrected chi connectivity index (χ1v) is 7.37. The molecule has 4 nitrogen and oxygen atoms in total. The summed E-state index contributed by atoms with van der Waals surface area (Å²) in [7, 11) is 1.27. The average molecular weight is 312 g/mol. The maximum Gasteiger partial charge on any atom is 0.320 e. The number of benzene rings is 2. The van der Waals surface area contributed by atoms with Crippen molar-refractivity contribution in [3.63, 3.8) is 0 Å². The lowest BCUT2D eigenvalue weighted by atomic mass is 9.96. The second-order valence-electron chi connectivity index (χ2n) is 5.40. The van der Waals surface area contributed by atoms with Crippen molar-refractivity contribution in [2.24, 2.45) is 0 Å². The number of carbonyl (C=O) groups is 2. The fourth-order valence-electron chi connectivity index (χ4n) is 2.52. The second kappa shape index (κ2) is 7.58. The molecular weight excluding hydrogens is 292 g/mol. The van der Waals surface area contributed by atoms with Gasteiger partial charge in [-0.05, 0) is 36.1 Å². The smallest absolute Gasteiger partial charge is 0.320 e. The highest BCUT2D eigenvalue weighted by Gasteiger charge is 2.22. The van der Waals surface area contributed by atoms with Gasteiger partial charge in [0.15, 0.2) is 0 Å². The van der Waals surface area contributed by atoms with Crippen molar-refractivity contribution < 1.29 is 19.1 Å². The molecule has 2 rings (SSSR count). The van der Waals surface area contributed by atoms with E-state index in [1.165, 1.54) is 7.11 Å². The van der Waals surface area contributed by atoms with Crippen molar-refractivity contribution in [1.82, 2.24) is 0 Å². The maximum atomic E-state index is 11.7. The topological polar surface area (TPSA) is 52.6 Å². The summed E-state index contributed by atoms with van der Waals surface area (Å²) in [4.78, 5) is 22.9. The molecule has 0 N–H and O–H groups in total. The van der Waals surface area contributed by atoms with Crippen LogP contribution in [-0.4, -0.2) is 19.4 Å². The van der Waals surface area contributed by atoms with E-state index in [0.29, 0.717) is 18.5 Å². The summed E-state index contributed by atoms with van der Waals surface area (Å²) < 4.78 is 10.6. The molecule has 23 heavy (non-hydrogen) atoms. The van der Waals surface area contributed by atoms with Crippen LogP contribution in [0.5, 0.6) is 5.75 Å². The van der Waals surface area contributed by atoms with Crippen molar-refractivity contribution in [3.8, 4) is 5.75 Å². The Balaban J connectivity index is 2.23. The van der Waals surface area contributed by atoms with Crippen LogP contribution >= 0.6 is 0 Å². The lowest BCUT2D eigenvalue weighted by molar-refractivity contribution is -0.143. The van der Waals surface area contributed by atoms with Crippen molar-refractivity contribution in [2.75, 3.05) is 7.11 Å². The van der Waals surface area contributed by atoms with Crippen LogP contribution in [0.1, 0.15) is 28.2 Å². The van der Waals surface area contributed by atoms with Gasteiger partial charge in [-0.2, -0.15) is 0 Å². The normalized spacial score (nSPS) is 11.6. The minimum atomic E-state index is -0.902. The number of aryl methyl sites for hydroxylation is 2. The fraction of sp³-hybridized carbons (Fsp3) is 0.263. The van der Waals surface area contributed by atoms with E-state index < -0.39 is 11.9 Å². The molecule has 0 fully saturated rings. The number of esters is 1. The Morgan fingerprint density at radius 1 is 1.13 bits per heavy atom. The van der Waals surface area contributed by atoms with Crippen molar-refractivity contribution in [3.05, 3.63) is 64.7 Å². The van der Waals surface area contributed by atoms with Gasteiger partial charge in [0, 0.05) is 0 Å². The van der Waals surface area contributed by atoms with E-state index in [-0.39, 0.29) is 0 Å². The molecule has 120 valence electrons. The Labute approximate surface area is 136 Å². The molecule has 0 aliphatic rings. The highest BCUT2D eigenvalue weighted by molar-refractivity contribution is 5.94. The molecule has 0 heterocycles. The van der Waals surface area contributed by atoms with E-state index in [4.69, 9.17) is 4.74 Å². The SMILES string of the molecule is COC(=O)C(C=O)c1cc(C)c(OCc2ccccc2)c(C)c1. The number of rotatable bonds is 6. The largest absolute Gasteiger partial charge is 0.488 e. The third-order valence-corrected chi connectivity index (χ3v) is 3.66. The number of ether oxygens (including phenoxy) is 2. The molecule has 0 radical (unpaired) electrons. The number of aldehydes is 1. The van der Waals surface area contributed by atoms with Gasteiger partial charge in [-0.1, -0.05) is 42.5 Å². The van der Waals surface area contributed by atoms with Crippen LogP contribution in [0.25, 0.3) is 0 Å². The zero-order valence-corrected chi connectivity index (χ0v) is 13.5. The van der Waals surface area contributed by atoms with Crippen LogP contribution in [0, 0.1) is 13.8 Å². The van der Waals surface area contributed by atoms with Crippen LogP contribution in [-0.2, 0) is 20.9 Å². The third kappa shape index (κ3) is 3.97. The molecule has 1 atom stereocenters. The Bertz CT molecular complexity index is 669. The molecule has 0 amide bonds. The summed E-state index contributed by atoms with van der Waals surface area (Å²) in [5.41, 5.74) is 3.46. The third-order valence-electron chi connectivity index (χ3n) is 3.66. The highest BCUT2D eigenvalue weighted by atomic mass is 16.5. The Hall–Kier alpha value is -2.62. The summed E-state index contributed by atoms with van der Waals surface area (Å²) in [5.74, 6) is -0.690. The van der Waals surface area contributed by atoms with Gasteiger partial charge in [0.2, 0.25) is 0 Å². The maximum absolute atomic E-state index is 11.7. The van der Waals surface area contributed by atoms with Gasteiger partial charge >= 0.3 is 5.97 Å². The minimum absolute atomic E-state index is 0.468. The van der Waals surface area contributed by atoms with Crippen LogP contribution in [0.2, 0.25) is 0 Å². The second-order valence-corrected chi connectivity index (χ2v) is 5.40. The zero-order chi connectivity index (χ0) is 16.8. The summed E-state index contributed by atoms with van der Waals surface area (Å²) in [6.45, 7) is 4.27. The predicted molar refractivity (Wildman–Crippen MR) is 87.5 cm³/mol. The first-order chi connectivity index (χ1) is 11.1. The predicted octanol–water partition coefficient (Wildman–Crippen LogP) is 3.34. The van der Waals surface area contributed by atoms with Crippen LogP contribution in [0.15, 0.2) is 42.5 Å². The first-order valence-electron chi connectivity index (χ1n) is 7.37. The molecule has 0 aliphatic heterocycles. The van der Waals surface area contributed by atoms with Crippen LogP contribution in [0.4, 0.5) is 0 Å².